The van der Waals surface area contributed by atoms with Gasteiger partial charge in [-0.05, 0) is 0 Å². The molecule has 3 heterocycles. The number of hydrogen-bond acceptors (Lipinski definition) is 9. The highest BCUT2D eigenvalue weighted by Gasteiger charge is 2.19. The number of nitrogen functional groups attached to an aromatic ring is 3. The molecule has 0 fully saturated rings. The number of aromatic amines is 1. The number of nitrogens with one attached hydrogen (secondary N) is 1. The highest BCUT2D eigenvalue weighted by Crippen LogP contribution is 2.20. The molecule has 0 aliphatic carbocycles. The van der Waals surface area contributed by atoms with Gasteiger partial charge < -0.3 is 22.3 Å². The Labute approximate surface area is 120 Å². The van der Waals surface area contributed by atoms with Crippen molar-refractivity contribution in [2.45, 2.75) is 0 Å². The first kappa shape index (κ1) is 13.3. The third-order valence-electron chi connectivity index (χ3n) is 2.79. The number of carbonyl (C=O) groups is 1. The molecule has 3 rings (SSSR count). The third kappa shape index (κ3) is 1.86. The zero-order valence-corrected chi connectivity index (χ0v) is 10.8. The largest absolute Gasteiger partial charge is 0.476 e. The normalized spacial score (nSPS) is 10.9. The van der Waals surface area contributed by atoms with E-state index in [-0.39, 0.29) is 34.6 Å². The van der Waals surface area contributed by atoms with Crippen molar-refractivity contribution in [3.63, 3.8) is 0 Å². The van der Waals surface area contributed by atoms with Gasteiger partial charge in [-0.1, -0.05) is 0 Å². The summed E-state index contributed by atoms with van der Waals surface area (Å²) in [4.78, 5) is 40.3. The molecule has 0 saturated heterocycles. The predicted octanol–water partition coefficient (Wildman–Crippen LogP) is -1.66. The molecule has 0 amide bonds. The molecule has 0 aliphatic rings. The van der Waals surface area contributed by atoms with Gasteiger partial charge in [0.15, 0.2) is 34.3 Å². The summed E-state index contributed by atoms with van der Waals surface area (Å²) in [7, 11) is 0. The lowest BCUT2D eigenvalue weighted by molar-refractivity contribution is 0.0691. The second-order valence-corrected chi connectivity index (χ2v) is 4.21. The Kier molecular flexibility index (Phi) is 2.66. The molecule has 3 aromatic rings. The fourth-order valence-electron chi connectivity index (χ4n) is 1.87. The van der Waals surface area contributed by atoms with Gasteiger partial charge in [0.05, 0.1) is 0 Å². The Balaban J connectivity index is 2.31. The monoisotopic (exact) mass is 303 g/mol. The summed E-state index contributed by atoms with van der Waals surface area (Å²) in [6, 6.07) is 0. The van der Waals surface area contributed by atoms with Crippen molar-refractivity contribution in [2.75, 3.05) is 17.2 Å². The van der Waals surface area contributed by atoms with Gasteiger partial charge in [-0.25, -0.2) is 19.7 Å². The van der Waals surface area contributed by atoms with E-state index >= 15 is 0 Å². The molecule has 3 aromatic heterocycles. The standard InChI is InChI=1S/C10H9N9O3/c11-4-2(9(21)22)15-5(12)7(16-4)19-1-14-3-6(19)17-10(13)18-8(3)20/h1H,(H2,11,16)(H2,12,15)(H,21,22)(H3,13,17,18,20). The molecule has 112 valence electrons. The van der Waals surface area contributed by atoms with E-state index in [9.17, 15) is 9.59 Å². The number of carboxylic acids is 1. The molecule has 0 saturated carbocycles. The maximum Gasteiger partial charge on any atom is 0.358 e. The van der Waals surface area contributed by atoms with Crippen LogP contribution in [0.3, 0.4) is 0 Å². The Morgan fingerprint density at radius 2 is 1.91 bits per heavy atom. The zero-order valence-electron chi connectivity index (χ0n) is 10.8. The quantitative estimate of drug-likeness (QED) is 0.364. The molecule has 0 bridgehead atoms. The molecular formula is C10H9N9O3. The first-order valence-electron chi connectivity index (χ1n) is 5.78. The highest BCUT2D eigenvalue weighted by molar-refractivity contribution is 5.91. The van der Waals surface area contributed by atoms with Crippen LogP contribution in [0.15, 0.2) is 11.1 Å². The number of rotatable bonds is 2. The average Bonchev–Trinajstić information content (AvgIpc) is 2.84. The molecule has 22 heavy (non-hydrogen) atoms. The predicted molar refractivity (Wildman–Crippen MR) is 75.3 cm³/mol. The fraction of sp³-hybridized carbons (Fsp3) is 0. The molecule has 0 aliphatic heterocycles. The molecule has 0 spiro atoms. The Bertz CT molecular complexity index is 974. The molecule has 0 atom stereocenters. The minimum absolute atomic E-state index is 0.0104. The number of hydrogen-bond donors (Lipinski definition) is 5. The third-order valence-corrected chi connectivity index (χ3v) is 2.79. The number of H-pyrrole nitrogens is 1. The lowest BCUT2D eigenvalue weighted by atomic mass is 10.4. The van der Waals surface area contributed by atoms with Crippen molar-refractivity contribution in [2.24, 2.45) is 0 Å². The van der Waals surface area contributed by atoms with Crippen molar-refractivity contribution in [1.29, 1.82) is 0 Å². The molecular weight excluding hydrogens is 294 g/mol. The van der Waals surface area contributed by atoms with E-state index in [1.807, 2.05) is 0 Å². The molecule has 0 radical (unpaired) electrons. The van der Waals surface area contributed by atoms with Crippen molar-refractivity contribution in [1.82, 2.24) is 29.5 Å². The topological polar surface area (TPSA) is 205 Å². The first-order chi connectivity index (χ1) is 10.4. The minimum atomic E-state index is -1.36. The molecule has 12 heteroatoms. The number of imidazole rings is 1. The summed E-state index contributed by atoms with van der Waals surface area (Å²) >= 11 is 0. The van der Waals surface area contributed by atoms with Crippen LogP contribution in [0.4, 0.5) is 17.6 Å². The number of aromatic carboxylic acids is 1. The van der Waals surface area contributed by atoms with E-state index in [0.717, 1.165) is 0 Å². The number of anilines is 3. The number of nitrogens with two attached hydrogens (primary N) is 3. The number of fused-ring (bicyclic) bond motifs is 1. The van der Waals surface area contributed by atoms with Crippen LogP contribution in [0, 0.1) is 0 Å². The van der Waals surface area contributed by atoms with Crippen molar-refractivity contribution >= 4 is 34.7 Å². The lowest BCUT2D eigenvalue weighted by Crippen LogP contribution is -2.15. The minimum Gasteiger partial charge on any atom is -0.476 e. The van der Waals surface area contributed by atoms with Gasteiger partial charge in [0.1, 0.15) is 6.33 Å². The van der Waals surface area contributed by atoms with Crippen LogP contribution in [0.25, 0.3) is 17.0 Å². The summed E-state index contributed by atoms with van der Waals surface area (Å²) in [6.45, 7) is 0. The van der Waals surface area contributed by atoms with Crippen molar-refractivity contribution in [3.05, 3.63) is 22.4 Å². The van der Waals surface area contributed by atoms with Gasteiger partial charge in [-0.3, -0.25) is 14.3 Å². The van der Waals surface area contributed by atoms with Crippen LogP contribution in [0.5, 0.6) is 0 Å². The van der Waals surface area contributed by atoms with Crippen LogP contribution < -0.4 is 22.8 Å². The van der Waals surface area contributed by atoms with Gasteiger partial charge in [-0.2, -0.15) is 4.98 Å². The zero-order chi connectivity index (χ0) is 16.0. The van der Waals surface area contributed by atoms with E-state index in [2.05, 4.69) is 24.9 Å². The highest BCUT2D eigenvalue weighted by atomic mass is 16.4. The summed E-state index contributed by atoms with van der Waals surface area (Å²) in [5.74, 6) is -2.05. The van der Waals surface area contributed by atoms with E-state index < -0.39 is 17.2 Å². The summed E-state index contributed by atoms with van der Waals surface area (Å²) in [5, 5.41) is 8.92. The van der Waals surface area contributed by atoms with Gasteiger partial charge in [-0.15, -0.1) is 0 Å². The van der Waals surface area contributed by atoms with Gasteiger partial charge in [0.2, 0.25) is 5.95 Å². The van der Waals surface area contributed by atoms with Crippen LogP contribution in [-0.4, -0.2) is 40.6 Å². The van der Waals surface area contributed by atoms with E-state index in [0.29, 0.717) is 0 Å². The number of aromatic nitrogens is 6. The molecule has 8 N–H and O–H groups in total. The molecule has 0 aromatic carbocycles. The van der Waals surface area contributed by atoms with Gasteiger partial charge >= 0.3 is 5.97 Å². The lowest BCUT2D eigenvalue weighted by Gasteiger charge is -2.08. The Morgan fingerprint density at radius 3 is 2.59 bits per heavy atom. The van der Waals surface area contributed by atoms with Gasteiger partial charge in [0, 0.05) is 0 Å². The maximum absolute atomic E-state index is 11.7. The molecule has 0 unspecified atom stereocenters. The summed E-state index contributed by atoms with van der Waals surface area (Å²) in [5.41, 5.74) is 15.8. The molecule has 12 nitrogen and oxygen atoms in total. The van der Waals surface area contributed by atoms with E-state index in [4.69, 9.17) is 22.3 Å². The number of carboxylic acid groups (broad SMARTS) is 1. The number of nitrogens with zero attached hydrogens (tertiary/aromatic N) is 5. The Morgan fingerprint density at radius 1 is 1.18 bits per heavy atom. The van der Waals surface area contributed by atoms with Crippen LogP contribution in [0.2, 0.25) is 0 Å². The van der Waals surface area contributed by atoms with Crippen LogP contribution >= 0.6 is 0 Å². The fourth-order valence-corrected chi connectivity index (χ4v) is 1.87. The summed E-state index contributed by atoms with van der Waals surface area (Å²) < 4.78 is 1.24. The second-order valence-electron chi connectivity index (χ2n) is 4.21. The van der Waals surface area contributed by atoms with Crippen molar-refractivity contribution < 1.29 is 9.90 Å². The van der Waals surface area contributed by atoms with E-state index in [1.165, 1.54) is 10.9 Å². The second kappa shape index (κ2) is 4.41. The van der Waals surface area contributed by atoms with E-state index in [1.54, 1.807) is 0 Å². The SMILES string of the molecule is Nc1nc2c(ncn2-c2nc(N)c(C(=O)O)nc2N)c(=O)[nH]1. The van der Waals surface area contributed by atoms with Crippen LogP contribution in [-0.2, 0) is 0 Å². The summed E-state index contributed by atoms with van der Waals surface area (Å²) in [6.07, 6.45) is 1.23. The Hall–Kier alpha value is -3.70. The first-order valence-corrected chi connectivity index (χ1v) is 5.78. The maximum atomic E-state index is 11.7. The average molecular weight is 303 g/mol. The van der Waals surface area contributed by atoms with Gasteiger partial charge in [0.25, 0.3) is 5.56 Å². The van der Waals surface area contributed by atoms with Crippen molar-refractivity contribution in [3.8, 4) is 5.82 Å². The van der Waals surface area contributed by atoms with Crippen LogP contribution in [0.1, 0.15) is 10.5 Å². The smallest absolute Gasteiger partial charge is 0.358 e.